The van der Waals surface area contributed by atoms with Crippen LogP contribution in [0.4, 0.5) is 4.79 Å². The van der Waals surface area contributed by atoms with Gasteiger partial charge in [0, 0.05) is 22.4 Å². The summed E-state index contributed by atoms with van der Waals surface area (Å²) in [6.07, 6.45) is -1.83. The fourth-order valence-corrected chi connectivity index (χ4v) is 0. The second-order valence-corrected chi connectivity index (χ2v) is 0.283. The van der Waals surface area contributed by atoms with Crippen molar-refractivity contribution in [2.45, 2.75) is 0 Å². The Morgan fingerprint density at radius 1 is 1.40 bits per heavy atom. The number of carboxylic acid groups (broad SMARTS) is 2. The third-order valence-corrected chi connectivity index (χ3v) is 0. The van der Waals surface area contributed by atoms with Crippen molar-refractivity contribution in [1.29, 1.82) is 0 Å². The van der Waals surface area contributed by atoms with E-state index in [1.807, 2.05) is 0 Å². The maximum atomic E-state index is 8.56. The first kappa shape index (κ1) is 8.89. The Hall–Kier alpha value is 0.0103. The van der Waals surface area contributed by atoms with Crippen LogP contribution in [0.2, 0.25) is 0 Å². The van der Waals surface area contributed by atoms with Gasteiger partial charge in [0.25, 0.3) is 0 Å². The van der Waals surface area contributed by atoms with Gasteiger partial charge in [-0.2, -0.15) is 0 Å². The SMILES string of the molecule is O=C(O)O.[Au]. The molecule has 0 aromatic rings. The minimum atomic E-state index is -1.83. The van der Waals surface area contributed by atoms with E-state index in [2.05, 4.69) is 0 Å². The average molecular weight is 259 g/mol. The minimum Gasteiger partial charge on any atom is -0.450 e. The van der Waals surface area contributed by atoms with E-state index in [0.717, 1.165) is 0 Å². The van der Waals surface area contributed by atoms with Crippen LogP contribution in [0.1, 0.15) is 0 Å². The second-order valence-electron chi connectivity index (χ2n) is 0.283. The molecule has 0 bridgehead atoms. The molecule has 5 heavy (non-hydrogen) atoms. The van der Waals surface area contributed by atoms with Crippen molar-refractivity contribution in [2.24, 2.45) is 0 Å². The number of hydrogen-bond donors (Lipinski definition) is 2. The summed E-state index contributed by atoms with van der Waals surface area (Å²) in [5, 5.41) is 13.9. The van der Waals surface area contributed by atoms with E-state index < -0.39 is 6.16 Å². The normalized spacial score (nSPS) is 4.80. The summed E-state index contributed by atoms with van der Waals surface area (Å²) >= 11 is 0. The van der Waals surface area contributed by atoms with Gasteiger partial charge in [-0.25, -0.2) is 4.79 Å². The van der Waals surface area contributed by atoms with E-state index >= 15 is 0 Å². The monoisotopic (exact) mass is 259 g/mol. The van der Waals surface area contributed by atoms with Crippen molar-refractivity contribution in [2.75, 3.05) is 0 Å². The molecule has 0 saturated heterocycles. The van der Waals surface area contributed by atoms with Crippen molar-refractivity contribution in [3.8, 4) is 0 Å². The fraction of sp³-hybridized carbons (Fsp3) is 0. The molecule has 0 heterocycles. The molecule has 0 aromatic heterocycles. The number of rotatable bonds is 0. The Morgan fingerprint density at radius 3 is 1.40 bits per heavy atom. The van der Waals surface area contributed by atoms with Crippen molar-refractivity contribution >= 4 is 6.16 Å². The van der Waals surface area contributed by atoms with Gasteiger partial charge >= 0.3 is 6.16 Å². The molecule has 4 heteroatoms. The van der Waals surface area contributed by atoms with E-state index in [1.165, 1.54) is 0 Å². The van der Waals surface area contributed by atoms with Gasteiger partial charge in [-0.05, 0) is 0 Å². The molecular formula is CH2AuO3. The molecule has 0 amide bonds. The van der Waals surface area contributed by atoms with Crippen LogP contribution < -0.4 is 0 Å². The van der Waals surface area contributed by atoms with Gasteiger partial charge in [0.05, 0.1) is 0 Å². The van der Waals surface area contributed by atoms with Crippen LogP contribution in [0, 0.1) is 0 Å². The third-order valence-electron chi connectivity index (χ3n) is 0. The van der Waals surface area contributed by atoms with E-state index in [-0.39, 0.29) is 22.4 Å². The molecule has 3 nitrogen and oxygen atoms in total. The van der Waals surface area contributed by atoms with Gasteiger partial charge in [0.15, 0.2) is 0 Å². The van der Waals surface area contributed by atoms with Gasteiger partial charge in [0.2, 0.25) is 0 Å². The Labute approximate surface area is 44.1 Å². The molecule has 0 saturated carbocycles. The largest absolute Gasteiger partial charge is 0.503 e. The van der Waals surface area contributed by atoms with Crippen LogP contribution >= 0.6 is 0 Å². The predicted molar refractivity (Wildman–Crippen MR) is 10.7 cm³/mol. The van der Waals surface area contributed by atoms with Gasteiger partial charge in [-0.3, -0.25) is 0 Å². The number of carbonyl (C=O) groups is 1. The zero-order valence-electron chi connectivity index (χ0n) is 2.10. The van der Waals surface area contributed by atoms with Gasteiger partial charge in [-0.1, -0.05) is 0 Å². The van der Waals surface area contributed by atoms with Crippen molar-refractivity contribution in [3.63, 3.8) is 0 Å². The van der Waals surface area contributed by atoms with E-state index in [0.29, 0.717) is 0 Å². The molecule has 0 spiro atoms. The van der Waals surface area contributed by atoms with Gasteiger partial charge in [0.1, 0.15) is 0 Å². The summed E-state index contributed by atoms with van der Waals surface area (Å²) in [6.45, 7) is 0. The topological polar surface area (TPSA) is 57.5 Å². The predicted octanol–water partition coefficient (Wildman–Crippen LogP) is 0.220. The van der Waals surface area contributed by atoms with Gasteiger partial charge in [-0.15, -0.1) is 0 Å². The Kier molecular flexibility index (Phi) is 7.13. The molecule has 0 aliphatic rings. The molecular weight excluding hydrogens is 257 g/mol. The molecule has 0 atom stereocenters. The molecule has 0 aliphatic carbocycles. The first-order valence-corrected chi connectivity index (χ1v) is 0.651. The second kappa shape index (κ2) is 4.01. The van der Waals surface area contributed by atoms with E-state index in [1.54, 1.807) is 0 Å². The summed E-state index contributed by atoms with van der Waals surface area (Å²) in [5.74, 6) is 0. The Bertz CT molecular complexity index is 29.9. The molecule has 1 radical (unpaired) electrons. The Balaban J connectivity index is 0. The molecule has 0 fully saturated rings. The summed E-state index contributed by atoms with van der Waals surface area (Å²) in [4.78, 5) is 8.56. The maximum Gasteiger partial charge on any atom is 0.503 e. The molecule has 0 rings (SSSR count). The molecule has 35 valence electrons. The van der Waals surface area contributed by atoms with Crippen molar-refractivity contribution in [3.05, 3.63) is 0 Å². The third kappa shape index (κ3) is 154000. The van der Waals surface area contributed by atoms with Crippen LogP contribution in [0.5, 0.6) is 0 Å². The van der Waals surface area contributed by atoms with Crippen molar-refractivity contribution in [1.82, 2.24) is 0 Å². The van der Waals surface area contributed by atoms with Crippen LogP contribution in [0.15, 0.2) is 0 Å². The van der Waals surface area contributed by atoms with Crippen molar-refractivity contribution < 1.29 is 37.4 Å². The van der Waals surface area contributed by atoms with Crippen LogP contribution in [0.25, 0.3) is 0 Å². The van der Waals surface area contributed by atoms with Crippen LogP contribution in [-0.4, -0.2) is 16.4 Å². The van der Waals surface area contributed by atoms with Crippen LogP contribution in [-0.2, 0) is 22.4 Å². The quantitative estimate of drug-likeness (QED) is 0.612. The summed E-state index contributed by atoms with van der Waals surface area (Å²) in [6, 6.07) is 0. The first-order valence-electron chi connectivity index (χ1n) is 0.651. The van der Waals surface area contributed by atoms with E-state index in [9.17, 15) is 0 Å². The fourth-order valence-electron chi connectivity index (χ4n) is 0. The zero-order chi connectivity index (χ0) is 3.58. The Morgan fingerprint density at radius 2 is 1.40 bits per heavy atom. The molecule has 0 aromatic carbocycles. The standard InChI is InChI=1S/CH2O3.Au/c2-1(3)4;/h(H2,2,3,4);. The smallest absolute Gasteiger partial charge is 0.450 e. The molecule has 0 unspecified atom stereocenters. The maximum absolute atomic E-state index is 8.56. The average Bonchev–Trinajstić information content (AvgIpc) is 0.811. The number of hydrogen-bond acceptors (Lipinski definition) is 1. The summed E-state index contributed by atoms with van der Waals surface area (Å²) in [7, 11) is 0. The van der Waals surface area contributed by atoms with Gasteiger partial charge < -0.3 is 10.2 Å². The summed E-state index contributed by atoms with van der Waals surface area (Å²) in [5.41, 5.74) is 0. The van der Waals surface area contributed by atoms with E-state index in [4.69, 9.17) is 15.0 Å². The summed E-state index contributed by atoms with van der Waals surface area (Å²) < 4.78 is 0. The molecule has 2 N–H and O–H groups in total. The van der Waals surface area contributed by atoms with Crippen LogP contribution in [0.3, 0.4) is 0 Å². The minimum absolute atomic E-state index is 0. The first-order chi connectivity index (χ1) is 1.73. The molecule has 0 aliphatic heterocycles. The zero-order valence-corrected chi connectivity index (χ0v) is 4.27.